The summed E-state index contributed by atoms with van der Waals surface area (Å²) >= 11 is 0. The average molecular weight is 535 g/mol. The highest BCUT2D eigenvalue weighted by Gasteiger charge is 2.31. The second kappa shape index (κ2) is 11.2. The lowest BCUT2D eigenvalue weighted by molar-refractivity contribution is -0.274. The molecule has 164 valence electrons. The Morgan fingerprint density at radius 3 is 2.43 bits per heavy atom. The number of rotatable bonds is 6. The summed E-state index contributed by atoms with van der Waals surface area (Å²) in [6.45, 7) is 2.72. The van der Waals surface area contributed by atoms with E-state index in [0.29, 0.717) is 18.1 Å². The fraction of sp³-hybridized carbons (Fsp3) is 0.400. The number of pyridine rings is 1. The summed E-state index contributed by atoms with van der Waals surface area (Å²) in [6.07, 6.45) is -0.515. The van der Waals surface area contributed by atoms with Crippen LogP contribution in [-0.2, 0) is 13.1 Å². The van der Waals surface area contributed by atoms with Gasteiger partial charge in [0.25, 0.3) is 0 Å². The number of ether oxygens (including phenoxy) is 1. The first-order valence-corrected chi connectivity index (χ1v) is 9.42. The Balaban J connectivity index is 0.00000320. The van der Waals surface area contributed by atoms with E-state index in [1.54, 1.807) is 19.2 Å². The number of hydrogen-bond donors (Lipinski definition) is 2. The van der Waals surface area contributed by atoms with E-state index in [1.165, 1.54) is 25.0 Å². The Labute approximate surface area is 190 Å². The van der Waals surface area contributed by atoms with Crippen LogP contribution in [0.2, 0.25) is 0 Å². The van der Waals surface area contributed by atoms with Gasteiger partial charge in [-0.2, -0.15) is 0 Å². The molecule has 0 bridgehead atoms. The molecule has 6 nitrogen and oxygen atoms in total. The Hall–Kier alpha value is -2.24. The van der Waals surface area contributed by atoms with E-state index in [-0.39, 0.29) is 36.3 Å². The van der Waals surface area contributed by atoms with Gasteiger partial charge in [0.15, 0.2) is 5.96 Å². The van der Waals surface area contributed by atoms with Crippen molar-refractivity contribution in [2.75, 3.05) is 25.0 Å². The van der Waals surface area contributed by atoms with Gasteiger partial charge in [-0.05, 0) is 30.5 Å². The summed E-state index contributed by atoms with van der Waals surface area (Å²) in [7, 11) is 1.60. The fourth-order valence-electron chi connectivity index (χ4n) is 3.11. The van der Waals surface area contributed by atoms with E-state index in [9.17, 15) is 13.2 Å². The van der Waals surface area contributed by atoms with Gasteiger partial charge in [-0.3, -0.25) is 4.99 Å². The number of aromatic nitrogens is 1. The third kappa shape index (κ3) is 7.22. The van der Waals surface area contributed by atoms with E-state index in [0.717, 1.165) is 24.5 Å². The van der Waals surface area contributed by atoms with Crippen molar-refractivity contribution in [1.29, 1.82) is 0 Å². The standard InChI is InChI=1S/C20H24F3N5O.HI/c1-24-19(27-14-16-6-2-3-7-17(16)29-20(21,22)23)26-13-15-8-9-18(25-12-15)28-10-4-5-11-28;/h2-3,6-9,12H,4-5,10-11,13-14H2,1H3,(H2,24,26,27);1H. The van der Waals surface area contributed by atoms with E-state index < -0.39 is 6.36 Å². The lowest BCUT2D eigenvalue weighted by Crippen LogP contribution is -2.36. The van der Waals surface area contributed by atoms with E-state index >= 15 is 0 Å². The molecule has 1 aliphatic heterocycles. The second-order valence-corrected chi connectivity index (χ2v) is 6.65. The average Bonchev–Trinajstić information content (AvgIpc) is 3.23. The van der Waals surface area contributed by atoms with Gasteiger partial charge < -0.3 is 20.3 Å². The lowest BCUT2D eigenvalue weighted by Gasteiger charge is -2.17. The van der Waals surface area contributed by atoms with E-state index in [2.05, 4.69) is 30.2 Å². The molecule has 1 aromatic heterocycles. The quantitative estimate of drug-likeness (QED) is 0.332. The zero-order valence-corrected chi connectivity index (χ0v) is 18.9. The van der Waals surface area contributed by atoms with Crippen molar-refractivity contribution in [2.24, 2.45) is 4.99 Å². The lowest BCUT2D eigenvalue weighted by atomic mass is 10.2. The van der Waals surface area contributed by atoms with Crippen LogP contribution in [0.4, 0.5) is 19.0 Å². The van der Waals surface area contributed by atoms with Crippen molar-refractivity contribution >= 4 is 35.8 Å². The number of nitrogens with one attached hydrogen (secondary N) is 2. The van der Waals surface area contributed by atoms with Crippen LogP contribution in [0.3, 0.4) is 0 Å². The van der Waals surface area contributed by atoms with Gasteiger partial charge in [-0.15, -0.1) is 37.1 Å². The molecule has 0 unspecified atom stereocenters. The summed E-state index contributed by atoms with van der Waals surface area (Å²) < 4.78 is 41.7. The Morgan fingerprint density at radius 1 is 1.10 bits per heavy atom. The largest absolute Gasteiger partial charge is 0.573 e. The number of halogens is 4. The topological polar surface area (TPSA) is 61.8 Å². The molecule has 0 aliphatic carbocycles. The highest BCUT2D eigenvalue weighted by atomic mass is 127. The molecule has 0 atom stereocenters. The highest BCUT2D eigenvalue weighted by Crippen LogP contribution is 2.26. The third-order valence-electron chi connectivity index (χ3n) is 4.57. The molecule has 1 saturated heterocycles. The number of guanidine groups is 1. The Morgan fingerprint density at radius 2 is 1.80 bits per heavy atom. The summed E-state index contributed by atoms with van der Waals surface area (Å²) in [4.78, 5) is 10.9. The van der Waals surface area contributed by atoms with Gasteiger partial charge in [-0.1, -0.05) is 24.3 Å². The molecule has 0 amide bonds. The number of nitrogens with zero attached hydrogens (tertiary/aromatic N) is 3. The van der Waals surface area contributed by atoms with Crippen molar-refractivity contribution in [3.05, 3.63) is 53.7 Å². The molecular formula is C20H25F3IN5O. The second-order valence-electron chi connectivity index (χ2n) is 6.65. The molecule has 2 aromatic rings. The van der Waals surface area contributed by atoms with Crippen molar-refractivity contribution in [3.8, 4) is 5.75 Å². The monoisotopic (exact) mass is 535 g/mol. The predicted octanol–water partition coefficient (Wildman–Crippen LogP) is 4.06. The predicted molar refractivity (Wildman–Crippen MR) is 121 cm³/mol. The van der Waals surface area contributed by atoms with Crippen LogP contribution in [0.15, 0.2) is 47.6 Å². The molecule has 1 fully saturated rings. The van der Waals surface area contributed by atoms with Crippen LogP contribution in [-0.4, -0.2) is 37.4 Å². The number of para-hydroxylation sites is 1. The zero-order chi connectivity index (χ0) is 20.7. The Kier molecular flexibility index (Phi) is 9.00. The van der Waals surface area contributed by atoms with E-state index in [1.807, 2.05) is 18.3 Å². The van der Waals surface area contributed by atoms with Gasteiger partial charge in [0.2, 0.25) is 0 Å². The van der Waals surface area contributed by atoms with Gasteiger partial charge >= 0.3 is 6.36 Å². The molecule has 0 spiro atoms. The van der Waals surface area contributed by atoms with Crippen LogP contribution in [0.1, 0.15) is 24.0 Å². The maximum Gasteiger partial charge on any atom is 0.573 e. The smallest absolute Gasteiger partial charge is 0.405 e. The van der Waals surface area contributed by atoms with Crippen molar-refractivity contribution in [2.45, 2.75) is 32.3 Å². The minimum Gasteiger partial charge on any atom is -0.405 e. The SMILES string of the molecule is CN=C(NCc1ccc(N2CCCC2)nc1)NCc1ccccc1OC(F)(F)F.I. The van der Waals surface area contributed by atoms with Crippen molar-refractivity contribution < 1.29 is 17.9 Å². The molecule has 0 radical (unpaired) electrons. The van der Waals surface area contributed by atoms with Crippen LogP contribution in [0.25, 0.3) is 0 Å². The first-order valence-electron chi connectivity index (χ1n) is 9.42. The van der Waals surface area contributed by atoms with Gasteiger partial charge in [0, 0.05) is 45.0 Å². The van der Waals surface area contributed by atoms with Gasteiger partial charge in [0.1, 0.15) is 11.6 Å². The molecule has 10 heteroatoms. The van der Waals surface area contributed by atoms with Crippen LogP contribution in [0, 0.1) is 0 Å². The molecule has 2 N–H and O–H groups in total. The summed E-state index contributed by atoms with van der Waals surface area (Å²) in [5.74, 6) is 1.22. The normalized spacial score (nSPS) is 14.3. The molecule has 1 aliphatic rings. The number of aliphatic imine (C=N–C) groups is 1. The maximum absolute atomic E-state index is 12.5. The van der Waals surface area contributed by atoms with Crippen LogP contribution in [0.5, 0.6) is 5.75 Å². The first-order chi connectivity index (χ1) is 13.9. The fourth-order valence-corrected chi connectivity index (χ4v) is 3.11. The van der Waals surface area contributed by atoms with Gasteiger partial charge in [0.05, 0.1) is 0 Å². The molecule has 2 heterocycles. The molecular weight excluding hydrogens is 510 g/mol. The first kappa shape index (κ1) is 24.0. The minimum atomic E-state index is -4.73. The zero-order valence-electron chi connectivity index (χ0n) is 16.6. The van der Waals surface area contributed by atoms with Crippen molar-refractivity contribution in [1.82, 2.24) is 15.6 Å². The Bertz CT molecular complexity index is 824. The van der Waals surface area contributed by atoms with Gasteiger partial charge in [-0.25, -0.2) is 4.98 Å². The molecule has 30 heavy (non-hydrogen) atoms. The third-order valence-corrected chi connectivity index (χ3v) is 4.57. The highest BCUT2D eigenvalue weighted by molar-refractivity contribution is 14.0. The van der Waals surface area contributed by atoms with Crippen LogP contribution < -0.4 is 20.3 Å². The van der Waals surface area contributed by atoms with Crippen molar-refractivity contribution in [3.63, 3.8) is 0 Å². The summed E-state index contributed by atoms with van der Waals surface area (Å²) in [5.41, 5.74) is 1.36. The number of hydrogen-bond acceptors (Lipinski definition) is 4. The molecule has 0 saturated carbocycles. The van der Waals surface area contributed by atoms with Crippen LogP contribution >= 0.6 is 24.0 Å². The number of benzene rings is 1. The maximum atomic E-state index is 12.5. The number of alkyl halides is 3. The minimum absolute atomic E-state index is 0. The number of anilines is 1. The van der Waals surface area contributed by atoms with E-state index in [4.69, 9.17) is 0 Å². The molecule has 3 rings (SSSR count). The summed E-state index contributed by atoms with van der Waals surface area (Å²) in [5, 5.41) is 6.14. The summed E-state index contributed by atoms with van der Waals surface area (Å²) in [6, 6.07) is 10.0. The molecule has 1 aromatic carbocycles.